The summed E-state index contributed by atoms with van der Waals surface area (Å²) in [7, 11) is 0. The van der Waals surface area contributed by atoms with Gasteiger partial charge < -0.3 is 4.90 Å². The van der Waals surface area contributed by atoms with Crippen LogP contribution in [-0.4, -0.2) is 13.1 Å². The summed E-state index contributed by atoms with van der Waals surface area (Å²) in [5, 5.41) is 8.83. The van der Waals surface area contributed by atoms with E-state index < -0.39 is 0 Å². The highest BCUT2D eigenvalue weighted by Crippen LogP contribution is 2.20. The first-order valence-electron chi connectivity index (χ1n) is 5.20. The van der Waals surface area contributed by atoms with E-state index in [0.29, 0.717) is 0 Å². The second-order valence-corrected chi connectivity index (χ2v) is 3.92. The molecule has 2 nitrogen and oxygen atoms in total. The molecule has 0 saturated carbocycles. The Morgan fingerprint density at radius 1 is 1.40 bits per heavy atom. The topological polar surface area (TPSA) is 27.0 Å². The average Bonchev–Trinajstić information content (AvgIpc) is 2.29. The van der Waals surface area contributed by atoms with Crippen LogP contribution in [-0.2, 0) is 0 Å². The zero-order chi connectivity index (χ0) is 10.7. The molecular weight excluding hydrogens is 184 g/mol. The highest BCUT2D eigenvalue weighted by molar-refractivity contribution is 5.52. The molecule has 0 aromatic heterocycles. The van der Waals surface area contributed by atoms with Crippen LogP contribution in [0.25, 0.3) is 0 Å². The van der Waals surface area contributed by atoms with Crippen molar-refractivity contribution < 1.29 is 0 Å². The van der Waals surface area contributed by atoms with Crippen molar-refractivity contribution in [3.05, 3.63) is 41.5 Å². The van der Waals surface area contributed by atoms with E-state index in [1.54, 1.807) is 0 Å². The van der Waals surface area contributed by atoms with E-state index in [9.17, 15) is 0 Å². The number of benzene rings is 1. The third kappa shape index (κ3) is 2.19. The van der Waals surface area contributed by atoms with Gasteiger partial charge in [0.1, 0.15) is 0 Å². The number of nitriles is 1. The molecule has 1 heterocycles. The van der Waals surface area contributed by atoms with E-state index in [-0.39, 0.29) is 0 Å². The van der Waals surface area contributed by atoms with Crippen LogP contribution in [0.1, 0.15) is 18.9 Å². The van der Waals surface area contributed by atoms with E-state index in [0.717, 1.165) is 30.8 Å². The van der Waals surface area contributed by atoms with Gasteiger partial charge >= 0.3 is 0 Å². The lowest BCUT2D eigenvalue weighted by molar-refractivity contribution is 0.791. The zero-order valence-electron chi connectivity index (χ0n) is 8.90. The van der Waals surface area contributed by atoms with Crippen molar-refractivity contribution in [2.24, 2.45) is 0 Å². The summed E-state index contributed by atoms with van der Waals surface area (Å²) >= 11 is 0. The molecule has 1 aromatic carbocycles. The Labute approximate surface area is 90.4 Å². The molecule has 0 fully saturated rings. The molecule has 15 heavy (non-hydrogen) atoms. The van der Waals surface area contributed by atoms with Crippen molar-refractivity contribution in [1.29, 1.82) is 5.26 Å². The Kier molecular flexibility index (Phi) is 2.73. The molecule has 0 unspecified atom stereocenters. The molecule has 0 atom stereocenters. The zero-order valence-corrected chi connectivity index (χ0v) is 8.90. The standard InChI is InChI=1S/C13H14N2/c1-11-4-3-7-15(10-11)13-6-2-5-12(8-13)9-14/h2,4-6,8H,3,7,10H2,1H3. The Morgan fingerprint density at radius 3 is 3.00 bits per heavy atom. The summed E-state index contributed by atoms with van der Waals surface area (Å²) in [6.07, 6.45) is 3.38. The van der Waals surface area contributed by atoms with Crippen LogP contribution in [0.4, 0.5) is 5.69 Å². The molecular formula is C13H14N2. The molecule has 0 N–H and O–H groups in total. The molecule has 2 rings (SSSR count). The highest BCUT2D eigenvalue weighted by atomic mass is 15.1. The van der Waals surface area contributed by atoms with Gasteiger partial charge in [-0.05, 0) is 31.5 Å². The fourth-order valence-electron chi connectivity index (χ4n) is 1.90. The molecule has 0 spiro atoms. The molecule has 0 amide bonds. The number of nitrogens with zero attached hydrogens (tertiary/aromatic N) is 2. The van der Waals surface area contributed by atoms with E-state index in [1.165, 1.54) is 5.57 Å². The normalized spacial score (nSPS) is 15.7. The van der Waals surface area contributed by atoms with Crippen LogP contribution < -0.4 is 4.90 Å². The number of anilines is 1. The Hall–Kier alpha value is -1.75. The van der Waals surface area contributed by atoms with Gasteiger partial charge in [0.25, 0.3) is 0 Å². The number of rotatable bonds is 1. The lowest BCUT2D eigenvalue weighted by atomic mass is 10.1. The second kappa shape index (κ2) is 4.18. The van der Waals surface area contributed by atoms with Crippen molar-refractivity contribution >= 4 is 5.69 Å². The van der Waals surface area contributed by atoms with Crippen molar-refractivity contribution in [3.8, 4) is 6.07 Å². The van der Waals surface area contributed by atoms with E-state index in [1.807, 2.05) is 18.2 Å². The smallest absolute Gasteiger partial charge is 0.0992 e. The largest absolute Gasteiger partial charge is 0.367 e. The molecule has 0 aliphatic carbocycles. The quantitative estimate of drug-likeness (QED) is 0.649. The first-order chi connectivity index (χ1) is 7.29. The van der Waals surface area contributed by atoms with Gasteiger partial charge in [0.15, 0.2) is 0 Å². The molecule has 1 aliphatic heterocycles. The van der Waals surface area contributed by atoms with Gasteiger partial charge in [-0.15, -0.1) is 0 Å². The maximum atomic E-state index is 8.83. The van der Waals surface area contributed by atoms with Gasteiger partial charge in [-0.3, -0.25) is 0 Å². The second-order valence-electron chi connectivity index (χ2n) is 3.92. The lowest BCUT2D eigenvalue weighted by Crippen LogP contribution is -2.28. The van der Waals surface area contributed by atoms with Crippen molar-refractivity contribution in [2.75, 3.05) is 18.0 Å². The van der Waals surface area contributed by atoms with Crippen LogP contribution in [0.5, 0.6) is 0 Å². The van der Waals surface area contributed by atoms with Crippen molar-refractivity contribution in [1.82, 2.24) is 0 Å². The van der Waals surface area contributed by atoms with Gasteiger partial charge in [0.2, 0.25) is 0 Å². The van der Waals surface area contributed by atoms with Crippen molar-refractivity contribution in [3.63, 3.8) is 0 Å². The summed E-state index contributed by atoms with van der Waals surface area (Å²) in [5.41, 5.74) is 3.30. The highest BCUT2D eigenvalue weighted by Gasteiger charge is 2.10. The third-order valence-corrected chi connectivity index (χ3v) is 2.67. The molecule has 1 aromatic rings. The first kappa shape index (κ1) is 9.79. The Balaban J connectivity index is 2.23. The molecule has 0 saturated heterocycles. The maximum absolute atomic E-state index is 8.83. The minimum Gasteiger partial charge on any atom is -0.367 e. The van der Waals surface area contributed by atoms with Gasteiger partial charge in [-0.1, -0.05) is 17.7 Å². The Bertz CT molecular complexity index is 426. The number of hydrogen-bond acceptors (Lipinski definition) is 2. The summed E-state index contributed by atoms with van der Waals surface area (Å²) in [6, 6.07) is 9.99. The van der Waals surface area contributed by atoms with Crippen molar-refractivity contribution in [2.45, 2.75) is 13.3 Å². The fraction of sp³-hybridized carbons (Fsp3) is 0.308. The fourth-order valence-corrected chi connectivity index (χ4v) is 1.90. The SMILES string of the molecule is CC1=CCCN(c2cccc(C#N)c2)C1. The van der Waals surface area contributed by atoms with E-state index in [4.69, 9.17) is 5.26 Å². The molecule has 1 aliphatic rings. The average molecular weight is 198 g/mol. The third-order valence-electron chi connectivity index (χ3n) is 2.67. The molecule has 2 heteroatoms. The maximum Gasteiger partial charge on any atom is 0.0992 e. The summed E-state index contributed by atoms with van der Waals surface area (Å²) < 4.78 is 0. The predicted octanol–water partition coefficient (Wildman–Crippen LogP) is 2.71. The summed E-state index contributed by atoms with van der Waals surface area (Å²) in [6.45, 7) is 4.18. The van der Waals surface area contributed by atoms with Crippen LogP contribution in [0, 0.1) is 11.3 Å². The van der Waals surface area contributed by atoms with Gasteiger partial charge in [-0.2, -0.15) is 5.26 Å². The molecule has 0 bridgehead atoms. The van der Waals surface area contributed by atoms with Crippen LogP contribution >= 0.6 is 0 Å². The van der Waals surface area contributed by atoms with Gasteiger partial charge in [-0.25, -0.2) is 0 Å². The van der Waals surface area contributed by atoms with E-state index >= 15 is 0 Å². The van der Waals surface area contributed by atoms with Gasteiger partial charge in [0, 0.05) is 18.8 Å². The summed E-state index contributed by atoms with van der Waals surface area (Å²) in [4.78, 5) is 2.32. The summed E-state index contributed by atoms with van der Waals surface area (Å²) in [5.74, 6) is 0. The minimum atomic E-state index is 0.736. The Morgan fingerprint density at radius 2 is 2.27 bits per heavy atom. The van der Waals surface area contributed by atoms with Crippen LogP contribution in [0.15, 0.2) is 35.9 Å². The predicted molar refractivity (Wildman–Crippen MR) is 61.7 cm³/mol. The molecule has 76 valence electrons. The van der Waals surface area contributed by atoms with Gasteiger partial charge in [0.05, 0.1) is 11.6 Å². The number of hydrogen-bond donors (Lipinski definition) is 0. The lowest BCUT2D eigenvalue weighted by Gasteiger charge is -2.28. The van der Waals surface area contributed by atoms with Crippen LogP contribution in [0.3, 0.4) is 0 Å². The molecule has 0 radical (unpaired) electrons. The first-order valence-corrected chi connectivity index (χ1v) is 5.20. The van der Waals surface area contributed by atoms with E-state index in [2.05, 4.69) is 30.0 Å². The monoisotopic (exact) mass is 198 g/mol. The minimum absolute atomic E-state index is 0.736. The van der Waals surface area contributed by atoms with Crippen LogP contribution in [0.2, 0.25) is 0 Å².